The molecule has 0 bridgehead atoms. The molecule has 34 heavy (non-hydrogen) atoms. The number of aliphatic imine (C=N–C) groups is 1. The van der Waals surface area contributed by atoms with Gasteiger partial charge in [-0.2, -0.15) is 0 Å². The van der Waals surface area contributed by atoms with Gasteiger partial charge in [-0.1, -0.05) is 30.7 Å². The standard InChI is InChI=1S/C26H36ClN7/c1-2-22-18-33(26-24(27)15-20(16-31-26)25-29-9-10-30-25)13-14-34(22)23-7-11-32(12-8-23)17-19-3-5-21(28)6-4-19/h3-6,15-16,22-23H,2,7-14,17-18,28H2,1H3,(H,29,30)/t22-/m0/s1. The highest BCUT2D eigenvalue weighted by Crippen LogP contribution is 2.30. The number of piperidine rings is 1. The second-order valence-corrected chi connectivity index (χ2v) is 10.1. The zero-order valence-electron chi connectivity index (χ0n) is 20.1. The minimum absolute atomic E-state index is 0.529. The van der Waals surface area contributed by atoms with Crippen LogP contribution >= 0.6 is 11.6 Å². The van der Waals surface area contributed by atoms with Gasteiger partial charge in [-0.05, 0) is 56.1 Å². The zero-order chi connectivity index (χ0) is 23.5. The summed E-state index contributed by atoms with van der Waals surface area (Å²) in [5, 5.41) is 4.01. The maximum absolute atomic E-state index is 6.70. The summed E-state index contributed by atoms with van der Waals surface area (Å²) in [4.78, 5) is 16.9. The number of nitrogens with one attached hydrogen (secondary N) is 1. The number of nitrogens with two attached hydrogens (primary N) is 1. The van der Waals surface area contributed by atoms with E-state index < -0.39 is 0 Å². The number of aromatic nitrogens is 1. The second-order valence-electron chi connectivity index (χ2n) is 9.68. The Kier molecular flexibility index (Phi) is 7.23. The van der Waals surface area contributed by atoms with Crippen LogP contribution in [0.2, 0.25) is 5.02 Å². The summed E-state index contributed by atoms with van der Waals surface area (Å²) in [6, 6.07) is 11.5. The molecule has 2 fully saturated rings. The Hall–Kier alpha value is -2.35. The van der Waals surface area contributed by atoms with Crippen molar-refractivity contribution in [1.29, 1.82) is 0 Å². The lowest BCUT2D eigenvalue weighted by molar-refractivity contribution is 0.0610. The Labute approximate surface area is 208 Å². The van der Waals surface area contributed by atoms with Crippen molar-refractivity contribution in [2.75, 3.05) is 56.4 Å². The highest BCUT2D eigenvalue weighted by molar-refractivity contribution is 6.33. The lowest BCUT2D eigenvalue weighted by atomic mass is 9.97. The van der Waals surface area contributed by atoms with Crippen molar-refractivity contribution in [2.24, 2.45) is 4.99 Å². The molecule has 2 aromatic rings. The molecule has 4 heterocycles. The van der Waals surface area contributed by atoms with Gasteiger partial charge in [-0.15, -0.1) is 0 Å². The third-order valence-electron chi connectivity index (χ3n) is 7.48. The van der Waals surface area contributed by atoms with E-state index in [4.69, 9.17) is 22.3 Å². The van der Waals surface area contributed by atoms with Gasteiger partial charge in [0, 0.05) is 62.3 Å². The molecule has 2 saturated heterocycles. The number of nitrogens with zero attached hydrogens (tertiary/aromatic N) is 5. The van der Waals surface area contributed by atoms with Crippen LogP contribution in [0.1, 0.15) is 37.3 Å². The third kappa shape index (κ3) is 5.16. The summed E-state index contributed by atoms with van der Waals surface area (Å²) >= 11 is 6.70. The number of anilines is 2. The summed E-state index contributed by atoms with van der Waals surface area (Å²) in [6.07, 6.45) is 5.50. The molecule has 0 amide bonds. The molecule has 0 radical (unpaired) electrons. The number of rotatable bonds is 6. The second kappa shape index (κ2) is 10.5. The lowest BCUT2D eigenvalue weighted by Gasteiger charge is -2.47. The number of pyridine rings is 1. The summed E-state index contributed by atoms with van der Waals surface area (Å²) in [5.41, 5.74) is 8.99. The largest absolute Gasteiger partial charge is 0.399 e. The summed E-state index contributed by atoms with van der Waals surface area (Å²) in [7, 11) is 0. The van der Waals surface area contributed by atoms with Crippen LogP contribution in [-0.2, 0) is 6.54 Å². The molecular weight excluding hydrogens is 446 g/mol. The van der Waals surface area contributed by atoms with Gasteiger partial charge in [-0.3, -0.25) is 14.8 Å². The van der Waals surface area contributed by atoms with E-state index in [1.165, 1.54) is 18.4 Å². The van der Waals surface area contributed by atoms with E-state index in [-0.39, 0.29) is 0 Å². The van der Waals surface area contributed by atoms with E-state index in [1.807, 2.05) is 24.4 Å². The first-order valence-corrected chi connectivity index (χ1v) is 13.0. The first kappa shape index (κ1) is 23.4. The minimum atomic E-state index is 0.529. The van der Waals surface area contributed by atoms with Crippen LogP contribution < -0.4 is 16.0 Å². The SMILES string of the molecule is CC[C@H]1CN(c2ncc(C3=NCCN3)cc2Cl)CCN1C1CCN(Cc2ccc(N)cc2)CC1. The topological polar surface area (TPSA) is 73.0 Å². The average molecular weight is 482 g/mol. The zero-order valence-corrected chi connectivity index (χ0v) is 20.8. The van der Waals surface area contributed by atoms with E-state index in [1.54, 1.807) is 0 Å². The van der Waals surface area contributed by atoms with Crippen molar-refractivity contribution in [3.05, 3.63) is 52.7 Å². The van der Waals surface area contributed by atoms with E-state index >= 15 is 0 Å². The quantitative estimate of drug-likeness (QED) is 0.617. The maximum Gasteiger partial charge on any atom is 0.147 e. The van der Waals surface area contributed by atoms with Crippen LogP contribution in [0.4, 0.5) is 11.5 Å². The molecule has 3 aliphatic heterocycles. The summed E-state index contributed by atoms with van der Waals surface area (Å²) in [5.74, 6) is 1.81. The molecule has 1 aromatic heterocycles. The number of piperazine rings is 1. The van der Waals surface area contributed by atoms with Crippen molar-refractivity contribution in [3.8, 4) is 0 Å². The molecule has 3 N–H and O–H groups in total. The molecule has 0 unspecified atom stereocenters. The number of hydrogen-bond donors (Lipinski definition) is 2. The predicted octanol–water partition coefficient (Wildman–Crippen LogP) is 3.23. The third-order valence-corrected chi connectivity index (χ3v) is 7.76. The van der Waals surface area contributed by atoms with Crippen molar-refractivity contribution in [2.45, 2.75) is 44.8 Å². The molecule has 1 atom stereocenters. The molecule has 0 saturated carbocycles. The Balaban J connectivity index is 1.17. The first-order chi connectivity index (χ1) is 16.6. The van der Waals surface area contributed by atoms with Gasteiger partial charge in [-0.25, -0.2) is 4.98 Å². The van der Waals surface area contributed by atoms with Gasteiger partial charge in [0.15, 0.2) is 0 Å². The number of amidine groups is 1. The molecule has 8 heteroatoms. The van der Waals surface area contributed by atoms with Crippen molar-refractivity contribution in [3.63, 3.8) is 0 Å². The van der Waals surface area contributed by atoms with Crippen LogP contribution in [0.5, 0.6) is 0 Å². The van der Waals surface area contributed by atoms with E-state index in [0.29, 0.717) is 17.1 Å². The molecule has 5 rings (SSSR count). The smallest absolute Gasteiger partial charge is 0.147 e. The van der Waals surface area contributed by atoms with E-state index in [0.717, 1.165) is 81.7 Å². The van der Waals surface area contributed by atoms with Gasteiger partial charge in [0.1, 0.15) is 11.7 Å². The van der Waals surface area contributed by atoms with Crippen LogP contribution in [0.3, 0.4) is 0 Å². The molecule has 0 spiro atoms. The highest BCUT2D eigenvalue weighted by Gasteiger charge is 2.34. The van der Waals surface area contributed by atoms with Crippen LogP contribution in [0.25, 0.3) is 0 Å². The molecule has 1 aromatic carbocycles. The molecule has 7 nitrogen and oxygen atoms in total. The first-order valence-electron chi connectivity index (χ1n) is 12.6. The Morgan fingerprint density at radius 2 is 1.91 bits per heavy atom. The fourth-order valence-corrected chi connectivity index (χ4v) is 5.87. The van der Waals surface area contributed by atoms with Gasteiger partial charge in [0.05, 0.1) is 11.6 Å². The minimum Gasteiger partial charge on any atom is -0.399 e. The number of halogens is 1. The number of likely N-dealkylation sites (tertiary alicyclic amines) is 1. The average Bonchev–Trinajstić information content (AvgIpc) is 3.41. The monoisotopic (exact) mass is 481 g/mol. The van der Waals surface area contributed by atoms with Crippen molar-refractivity contribution in [1.82, 2.24) is 20.1 Å². The summed E-state index contributed by atoms with van der Waals surface area (Å²) in [6.45, 7) is 10.3. The van der Waals surface area contributed by atoms with Gasteiger partial charge < -0.3 is 16.0 Å². The Morgan fingerprint density at radius 1 is 1.12 bits per heavy atom. The molecular formula is C26H36ClN7. The predicted molar refractivity (Wildman–Crippen MR) is 141 cm³/mol. The van der Waals surface area contributed by atoms with Crippen molar-refractivity contribution >= 4 is 28.9 Å². The number of benzene rings is 1. The van der Waals surface area contributed by atoms with E-state index in [2.05, 4.69) is 44.1 Å². The molecule has 3 aliphatic rings. The van der Waals surface area contributed by atoms with Gasteiger partial charge in [0.2, 0.25) is 0 Å². The number of nitrogen functional groups attached to an aromatic ring is 1. The maximum atomic E-state index is 6.70. The normalized spacial score (nSPS) is 22.6. The lowest BCUT2D eigenvalue weighted by Crippen LogP contribution is -2.58. The number of hydrogen-bond acceptors (Lipinski definition) is 7. The van der Waals surface area contributed by atoms with Crippen molar-refractivity contribution < 1.29 is 0 Å². The van der Waals surface area contributed by atoms with Crippen LogP contribution in [-0.4, -0.2) is 78.5 Å². The van der Waals surface area contributed by atoms with Crippen LogP contribution in [0.15, 0.2) is 41.5 Å². The fraction of sp³-hybridized carbons (Fsp3) is 0.538. The van der Waals surface area contributed by atoms with Gasteiger partial charge >= 0.3 is 0 Å². The fourth-order valence-electron chi connectivity index (χ4n) is 5.58. The van der Waals surface area contributed by atoms with Gasteiger partial charge in [0.25, 0.3) is 0 Å². The van der Waals surface area contributed by atoms with Crippen LogP contribution in [0, 0.1) is 0 Å². The summed E-state index contributed by atoms with van der Waals surface area (Å²) < 4.78 is 0. The molecule has 0 aliphatic carbocycles. The Morgan fingerprint density at radius 3 is 2.59 bits per heavy atom. The highest BCUT2D eigenvalue weighted by atomic mass is 35.5. The molecule has 182 valence electrons. The Bertz CT molecular complexity index is 1000. The van der Waals surface area contributed by atoms with E-state index in [9.17, 15) is 0 Å².